The largest absolute Gasteiger partial charge is 0.504 e. The van der Waals surface area contributed by atoms with Crippen LogP contribution in [0.5, 0.6) is 5.75 Å². The van der Waals surface area contributed by atoms with Gasteiger partial charge in [0, 0.05) is 26.8 Å². The third-order valence-corrected chi connectivity index (χ3v) is 6.16. The van der Waals surface area contributed by atoms with E-state index in [0.29, 0.717) is 42.4 Å². The predicted octanol–water partition coefficient (Wildman–Crippen LogP) is 8.31. The van der Waals surface area contributed by atoms with Gasteiger partial charge >= 0.3 is 5.97 Å². The number of azo groups is 1. The maximum absolute atomic E-state index is 13.0. The number of ether oxygens (including phenoxy) is 1. The lowest BCUT2D eigenvalue weighted by Crippen LogP contribution is -2.07. The second kappa shape index (κ2) is 9.55. The van der Waals surface area contributed by atoms with Gasteiger partial charge in [0.05, 0.1) is 27.8 Å². The van der Waals surface area contributed by atoms with Crippen LogP contribution in [-0.4, -0.2) is 22.2 Å². The molecule has 33 heavy (non-hydrogen) atoms. The highest BCUT2D eigenvalue weighted by Crippen LogP contribution is 2.46. The Kier molecular flexibility index (Phi) is 6.74. The van der Waals surface area contributed by atoms with Gasteiger partial charge in [0.1, 0.15) is 5.69 Å². The molecule has 0 saturated carbocycles. The van der Waals surface area contributed by atoms with E-state index >= 15 is 0 Å². The van der Waals surface area contributed by atoms with Crippen molar-refractivity contribution in [1.29, 1.82) is 0 Å². The summed E-state index contributed by atoms with van der Waals surface area (Å²) in [7, 11) is 0. The first-order valence-corrected chi connectivity index (χ1v) is 11.5. The predicted molar refractivity (Wildman–Crippen MR) is 134 cm³/mol. The summed E-state index contributed by atoms with van der Waals surface area (Å²) in [5.74, 6) is -0.656. The Labute approximate surface area is 208 Å². The molecule has 1 N–H and O–H groups in total. The fourth-order valence-electron chi connectivity index (χ4n) is 3.60. The van der Waals surface area contributed by atoms with Crippen LogP contribution in [0.2, 0.25) is 10.0 Å². The van der Waals surface area contributed by atoms with Gasteiger partial charge in [0.2, 0.25) is 0 Å². The average Bonchev–Trinajstić information content (AvgIpc) is 3.07. The standard InChI is InChI=1S/C24H18BrCl2N3O3/c1-3-33-24(32)20-13(2)30(17-10-6-15(27)7-11-17)19-12-18(25)23(31)22(21(19)20)29-28-16-8-4-14(26)5-9-16/h4-12,31H,3H2,1-2H3. The third-order valence-electron chi connectivity index (χ3n) is 5.05. The van der Waals surface area contributed by atoms with Crippen molar-refractivity contribution in [1.82, 2.24) is 4.57 Å². The third kappa shape index (κ3) is 4.49. The van der Waals surface area contributed by atoms with E-state index in [9.17, 15) is 9.90 Å². The molecule has 0 saturated heterocycles. The summed E-state index contributed by atoms with van der Waals surface area (Å²) in [6.07, 6.45) is 0. The molecule has 1 aromatic heterocycles. The lowest BCUT2D eigenvalue weighted by atomic mass is 10.1. The second-order valence-corrected chi connectivity index (χ2v) is 8.85. The number of rotatable bonds is 5. The maximum Gasteiger partial charge on any atom is 0.340 e. The van der Waals surface area contributed by atoms with E-state index in [1.165, 1.54) is 0 Å². The van der Waals surface area contributed by atoms with E-state index in [-0.39, 0.29) is 18.0 Å². The maximum atomic E-state index is 13.0. The van der Waals surface area contributed by atoms with Crippen LogP contribution in [0.15, 0.2) is 69.3 Å². The number of esters is 1. The quantitative estimate of drug-likeness (QED) is 0.202. The van der Waals surface area contributed by atoms with E-state index in [1.54, 1.807) is 49.4 Å². The van der Waals surface area contributed by atoms with Gasteiger partial charge in [-0.3, -0.25) is 0 Å². The highest BCUT2D eigenvalue weighted by atomic mass is 79.9. The van der Waals surface area contributed by atoms with Gasteiger partial charge < -0.3 is 14.4 Å². The number of halogens is 3. The highest BCUT2D eigenvalue weighted by Gasteiger charge is 2.27. The molecule has 168 valence electrons. The smallest absolute Gasteiger partial charge is 0.340 e. The minimum absolute atomic E-state index is 0.140. The normalized spacial score (nSPS) is 11.4. The van der Waals surface area contributed by atoms with E-state index < -0.39 is 5.97 Å². The van der Waals surface area contributed by atoms with Gasteiger partial charge in [-0.25, -0.2) is 4.79 Å². The van der Waals surface area contributed by atoms with Crippen molar-refractivity contribution < 1.29 is 14.6 Å². The van der Waals surface area contributed by atoms with Gasteiger partial charge in [-0.05, 0) is 84.4 Å². The molecular weight excluding hydrogens is 529 g/mol. The topological polar surface area (TPSA) is 76.2 Å². The SMILES string of the molecule is CCOC(=O)c1c(C)n(-c2ccc(Cl)cc2)c2cc(Br)c(O)c(N=Nc3ccc(Cl)cc3)c12. The lowest BCUT2D eigenvalue weighted by Gasteiger charge is -2.10. The summed E-state index contributed by atoms with van der Waals surface area (Å²) in [4.78, 5) is 13.0. The van der Waals surface area contributed by atoms with Crippen LogP contribution in [0, 0.1) is 6.92 Å². The number of nitrogens with zero attached hydrogens (tertiary/aromatic N) is 3. The first-order chi connectivity index (χ1) is 15.8. The molecule has 3 aromatic carbocycles. The van der Waals surface area contributed by atoms with E-state index in [1.807, 2.05) is 23.6 Å². The van der Waals surface area contributed by atoms with Crippen molar-refractivity contribution in [3.05, 3.63) is 80.4 Å². The van der Waals surface area contributed by atoms with Gasteiger partial charge in [-0.1, -0.05) is 23.2 Å². The molecule has 0 fully saturated rings. The zero-order chi connectivity index (χ0) is 23.7. The van der Waals surface area contributed by atoms with Crippen LogP contribution in [0.1, 0.15) is 23.0 Å². The van der Waals surface area contributed by atoms with Crippen LogP contribution in [0.3, 0.4) is 0 Å². The molecule has 0 aliphatic carbocycles. The number of fused-ring (bicyclic) bond motifs is 1. The van der Waals surface area contributed by atoms with Crippen LogP contribution in [-0.2, 0) is 4.74 Å². The number of hydrogen-bond acceptors (Lipinski definition) is 5. The van der Waals surface area contributed by atoms with Crippen molar-refractivity contribution in [2.24, 2.45) is 10.2 Å². The lowest BCUT2D eigenvalue weighted by molar-refractivity contribution is 0.0527. The summed E-state index contributed by atoms with van der Waals surface area (Å²) < 4.78 is 7.63. The molecule has 0 atom stereocenters. The summed E-state index contributed by atoms with van der Waals surface area (Å²) in [6, 6.07) is 15.7. The second-order valence-electron chi connectivity index (χ2n) is 7.12. The average molecular weight is 547 g/mol. The summed E-state index contributed by atoms with van der Waals surface area (Å²) >= 11 is 15.4. The fraction of sp³-hybridized carbons (Fsp3) is 0.125. The van der Waals surface area contributed by atoms with Crippen molar-refractivity contribution in [2.75, 3.05) is 6.61 Å². The molecule has 4 rings (SSSR count). The number of aromatic nitrogens is 1. The zero-order valence-corrected chi connectivity index (χ0v) is 20.7. The number of carbonyl (C=O) groups is 1. The molecule has 6 nitrogen and oxygen atoms in total. The molecule has 0 aliphatic rings. The number of benzene rings is 3. The van der Waals surface area contributed by atoms with Crippen LogP contribution >= 0.6 is 39.1 Å². The molecule has 0 radical (unpaired) electrons. The molecule has 0 aliphatic heterocycles. The molecule has 0 bridgehead atoms. The Morgan fingerprint density at radius 1 is 1.06 bits per heavy atom. The van der Waals surface area contributed by atoms with Gasteiger partial charge in [-0.15, -0.1) is 5.11 Å². The number of hydrogen-bond donors (Lipinski definition) is 1. The number of phenolic OH excluding ortho intramolecular Hbond substituents is 1. The Morgan fingerprint density at radius 2 is 1.67 bits per heavy atom. The zero-order valence-electron chi connectivity index (χ0n) is 17.6. The molecule has 0 amide bonds. The highest BCUT2D eigenvalue weighted by molar-refractivity contribution is 9.10. The molecular formula is C24H18BrCl2N3O3. The molecule has 0 spiro atoms. The summed E-state index contributed by atoms with van der Waals surface area (Å²) in [5.41, 5.74) is 3.05. The Bertz CT molecular complexity index is 1380. The minimum atomic E-state index is -0.516. The molecule has 4 aromatic rings. The number of carbonyl (C=O) groups excluding carboxylic acids is 1. The van der Waals surface area contributed by atoms with Crippen molar-refractivity contribution in [3.8, 4) is 11.4 Å². The monoisotopic (exact) mass is 545 g/mol. The van der Waals surface area contributed by atoms with E-state index in [4.69, 9.17) is 27.9 Å². The summed E-state index contributed by atoms with van der Waals surface area (Å²) in [6.45, 7) is 3.75. The van der Waals surface area contributed by atoms with Gasteiger partial charge in [0.25, 0.3) is 0 Å². The van der Waals surface area contributed by atoms with Crippen LogP contribution in [0.4, 0.5) is 11.4 Å². The van der Waals surface area contributed by atoms with Crippen molar-refractivity contribution in [2.45, 2.75) is 13.8 Å². The van der Waals surface area contributed by atoms with Crippen LogP contribution in [0.25, 0.3) is 16.6 Å². The van der Waals surface area contributed by atoms with Crippen molar-refractivity contribution in [3.63, 3.8) is 0 Å². The number of phenols is 1. The van der Waals surface area contributed by atoms with Gasteiger partial charge in [0.15, 0.2) is 5.75 Å². The van der Waals surface area contributed by atoms with E-state index in [0.717, 1.165) is 5.69 Å². The first kappa shape index (κ1) is 23.3. The number of aromatic hydroxyl groups is 1. The first-order valence-electron chi connectivity index (χ1n) is 9.98. The van der Waals surface area contributed by atoms with Gasteiger partial charge in [-0.2, -0.15) is 5.11 Å². The van der Waals surface area contributed by atoms with Crippen LogP contribution < -0.4 is 0 Å². The molecule has 1 heterocycles. The fourth-order valence-corrected chi connectivity index (χ4v) is 4.25. The Morgan fingerprint density at radius 3 is 2.27 bits per heavy atom. The Balaban J connectivity index is 2.04. The molecule has 9 heteroatoms. The minimum Gasteiger partial charge on any atom is -0.504 e. The summed E-state index contributed by atoms with van der Waals surface area (Å²) in [5, 5.41) is 21.0. The molecule has 0 unspecified atom stereocenters. The van der Waals surface area contributed by atoms with E-state index in [2.05, 4.69) is 26.2 Å². The Hall–Kier alpha value is -2.87. The van der Waals surface area contributed by atoms with Crippen molar-refractivity contribution >= 4 is 67.4 Å².